The van der Waals surface area contributed by atoms with E-state index in [1.165, 1.54) is 0 Å². The number of ether oxygens (including phenoxy) is 1. The molecule has 1 saturated carbocycles. The Morgan fingerprint density at radius 3 is 2.30 bits per heavy atom. The van der Waals surface area contributed by atoms with Crippen molar-refractivity contribution < 1.29 is 28.9 Å². The molecule has 2 atom stereocenters. The zero-order valence-corrected chi connectivity index (χ0v) is 12.5. The summed E-state index contributed by atoms with van der Waals surface area (Å²) in [5.74, 6) is -2.55. The van der Waals surface area contributed by atoms with Gasteiger partial charge in [0.25, 0.3) is 0 Å². The van der Waals surface area contributed by atoms with Crippen LogP contribution in [0.5, 0.6) is 5.75 Å². The molecule has 23 heavy (non-hydrogen) atoms. The van der Waals surface area contributed by atoms with E-state index < -0.39 is 30.1 Å². The summed E-state index contributed by atoms with van der Waals surface area (Å²) in [4.78, 5) is 22.0. The normalized spacial score (nSPS) is 22.7. The molecule has 126 valence electrons. The Hall–Kier alpha value is -2.15. The van der Waals surface area contributed by atoms with Crippen LogP contribution < -0.4 is 10.5 Å². The summed E-state index contributed by atoms with van der Waals surface area (Å²) in [6.07, 6.45) is -0.0355. The number of benzene rings is 1. The predicted molar refractivity (Wildman–Crippen MR) is 80.0 cm³/mol. The Morgan fingerprint density at radius 1 is 1.22 bits per heavy atom. The average molecular weight is 325 g/mol. The molecule has 2 rings (SSSR count). The van der Waals surface area contributed by atoms with Gasteiger partial charge in [-0.15, -0.1) is 0 Å². The molecule has 0 amide bonds. The van der Waals surface area contributed by atoms with Gasteiger partial charge < -0.3 is 20.7 Å². The Balaban J connectivity index is 1.92. The molecule has 0 bridgehead atoms. The molecule has 1 unspecified atom stereocenters. The van der Waals surface area contributed by atoms with E-state index in [0.717, 1.165) is 5.56 Å². The van der Waals surface area contributed by atoms with E-state index >= 15 is 0 Å². The molecular formula is C16H20FNO5. The van der Waals surface area contributed by atoms with Gasteiger partial charge in [0.15, 0.2) is 0 Å². The Kier molecular flexibility index (Phi) is 5.54. The molecule has 1 aromatic carbocycles. The minimum absolute atomic E-state index is 0.101. The van der Waals surface area contributed by atoms with Crippen LogP contribution >= 0.6 is 0 Å². The van der Waals surface area contributed by atoms with Crippen LogP contribution in [-0.2, 0) is 16.0 Å². The summed E-state index contributed by atoms with van der Waals surface area (Å²) >= 11 is 0. The Bertz CT molecular complexity index is 556. The van der Waals surface area contributed by atoms with Crippen molar-refractivity contribution in [1.82, 2.24) is 0 Å². The summed E-state index contributed by atoms with van der Waals surface area (Å²) in [6.45, 7) is 0. The Morgan fingerprint density at radius 2 is 1.83 bits per heavy atom. The van der Waals surface area contributed by atoms with Crippen molar-refractivity contribution in [1.29, 1.82) is 0 Å². The number of halogens is 1. The van der Waals surface area contributed by atoms with Crippen molar-refractivity contribution in [3.05, 3.63) is 29.8 Å². The second kappa shape index (κ2) is 7.41. The van der Waals surface area contributed by atoms with Crippen LogP contribution in [0, 0.1) is 5.92 Å². The largest absolute Gasteiger partial charge is 0.490 e. The Labute approximate surface area is 133 Å². The van der Waals surface area contributed by atoms with E-state index in [0.29, 0.717) is 18.6 Å². The first kappa shape index (κ1) is 17.2. The maximum Gasteiger partial charge on any atom is 0.320 e. The van der Waals surface area contributed by atoms with Crippen molar-refractivity contribution >= 4 is 11.9 Å². The van der Waals surface area contributed by atoms with Crippen molar-refractivity contribution in [2.45, 2.75) is 44.0 Å². The van der Waals surface area contributed by atoms with Gasteiger partial charge >= 0.3 is 11.9 Å². The summed E-state index contributed by atoms with van der Waals surface area (Å²) in [5, 5.41) is 18.0. The number of carbonyl (C=O) groups is 2. The van der Waals surface area contributed by atoms with Crippen molar-refractivity contribution in [3.63, 3.8) is 0 Å². The van der Waals surface area contributed by atoms with E-state index in [-0.39, 0.29) is 18.9 Å². The van der Waals surface area contributed by atoms with Crippen molar-refractivity contribution in [3.8, 4) is 5.75 Å². The highest BCUT2D eigenvalue weighted by Gasteiger charge is 2.30. The van der Waals surface area contributed by atoms with Gasteiger partial charge in [-0.3, -0.25) is 9.59 Å². The third kappa shape index (κ3) is 4.92. The molecule has 1 fully saturated rings. The van der Waals surface area contributed by atoms with Gasteiger partial charge in [-0.1, -0.05) is 12.1 Å². The number of nitrogens with two attached hydrogens (primary N) is 1. The van der Waals surface area contributed by atoms with Crippen molar-refractivity contribution in [2.24, 2.45) is 11.7 Å². The highest BCUT2D eigenvalue weighted by Crippen LogP contribution is 2.28. The highest BCUT2D eigenvalue weighted by molar-refractivity contribution is 5.76. The standard InChI is InChI=1S/C16H20FNO5/c17-11-7-13(8-11)23-12-3-1-9(2-4-12)5-10(15(19)20)6-14(18)16(21)22/h1-4,10-11,13-14H,5-8,18H2,(H,19,20)(H,21,22)/t10?,11?,13?,14-/m0/s1. The highest BCUT2D eigenvalue weighted by atomic mass is 19.1. The molecule has 7 heteroatoms. The van der Waals surface area contributed by atoms with Crippen LogP contribution in [0.1, 0.15) is 24.8 Å². The molecular weight excluding hydrogens is 305 g/mol. The molecule has 1 aliphatic rings. The molecule has 0 spiro atoms. The number of hydrogen-bond donors (Lipinski definition) is 3. The third-order valence-corrected chi connectivity index (χ3v) is 3.95. The quantitative estimate of drug-likeness (QED) is 0.670. The van der Waals surface area contributed by atoms with Gasteiger partial charge in [0.1, 0.15) is 24.1 Å². The molecule has 0 heterocycles. The zero-order valence-electron chi connectivity index (χ0n) is 12.5. The lowest BCUT2D eigenvalue weighted by molar-refractivity contribution is -0.143. The number of aliphatic carboxylic acids is 2. The van der Waals surface area contributed by atoms with E-state index in [1.54, 1.807) is 24.3 Å². The second-order valence-electron chi connectivity index (χ2n) is 5.87. The fraction of sp³-hybridized carbons (Fsp3) is 0.500. The lowest BCUT2D eigenvalue weighted by Crippen LogP contribution is -2.35. The smallest absolute Gasteiger partial charge is 0.320 e. The van der Waals surface area contributed by atoms with E-state index in [2.05, 4.69) is 0 Å². The molecule has 0 aromatic heterocycles. The van der Waals surface area contributed by atoms with Crippen LogP contribution in [0.3, 0.4) is 0 Å². The van der Waals surface area contributed by atoms with Gasteiger partial charge in [0, 0.05) is 12.8 Å². The first-order valence-corrected chi connectivity index (χ1v) is 7.46. The number of alkyl halides is 1. The van der Waals surface area contributed by atoms with Gasteiger partial charge in [0.2, 0.25) is 0 Å². The lowest BCUT2D eigenvalue weighted by Gasteiger charge is -2.30. The maximum absolute atomic E-state index is 12.7. The van der Waals surface area contributed by atoms with Crippen LogP contribution in [0.4, 0.5) is 4.39 Å². The van der Waals surface area contributed by atoms with E-state index in [1.807, 2.05) is 0 Å². The number of rotatable bonds is 8. The summed E-state index contributed by atoms with van der Waals surface area (Å²) in [6, 6.07) is 5.66. The predicted octanol–water partition coefficient (Wildman–Crippen LogP) is 1.61. The SMILES string of the molecule is N[C@@H](CC(Cc1ccc(OC2CC(F)C2)cc1)C(=O)O)C(=O)O. The van der Waals surface area contributed by atoms with E-state index in [9.17, 15) is 19.1 Å². The molecule has 0 aliphatic heterocycles. The monoisotopic (exact) mass is 325 g/mol. The number of hydrogen-bond acceptors (Lipinski definition) is 4. The molecule has 0 saturated heterocycles. The van der Waals surface area contributed by atoms with E-state index in [4.69, 9.17) is 15.6 Å². The fourth-order valence-electron chi connectivity index (χ4n) is 2.46. The van der Waals surface area contributed by atoms with Gasteiger partial charge in [-0.25, -0.2) is 4.39 Å². The fourth-order valence-corrected chi connectivity index (χ4v) is 2.46. The minimum Gasteiger partial charge on any atom is -0.490 e. The first-order valence-electron chi connectivity index (χ1n) is 7.46. The number of carboxylic acids is 2. The van der Waals surface area contributed by atoms with Crippen LogP contribution in [-0.4, -0.2) is 40.5 Å². The summed E-state index contributed by atoms with van der Waals surface area (Å²) in [7, 11) is 0. The molecule has 0 radical (unpaired) electrons. The molecule has 6 nitrogen and oxygen atoms in total. The van der Waals surface area contributed by atoms with Crippen molar-refractivity contribution in [2.75, 3.05) is 0 Å². The number of carboxylic acid groups (broad SMARTS) is 2. The van der Waals surface area contributed by atoms with Crippen LogP contribution in [0.2, 0.25) is 0 Å². The summed E-state index contributed by atoms with van der Waals surface area (Å²) < 4.78 is 18.3. The minimum atomic E-state index is -1.22. The molecule has 1 aromatic rings. The topological polar surface area (TPSA) is 110 Å². The first-order chi connectivity index (χ1) is 10.8. The zero-order chi connectivity index (χ0) is 17.0. The molecule has 1 aliphatic carbocycles. The van der Waals surface area contributed by atoms with Crippen LogP contribution in [0.25, 0.3) is 0 Å². The maximum atomic E-state index is 12.7. The lowest BCUT2D eigenvalue weighted by atomic mass is 9.92. The average Bonchev–Trinajstić information content (AvgIpc) is 2.46. The van der Waals surface area contributed by atoms with Gasteiger partial charge in [-0.2, -0.15) is 0 Å². The third-order valence-electron chi connectivity index (χ3n) is 3.95. The summed E-state index contributed by atoms with van der Waals surface area (Å²) in [5.41, 5.74) is 6.16. The molecule has 4 N–H and O–H groups in total. The van der Waals surface area contributed by atoms with Gasteiger partial charge in [-0.05, 0) is 30.5 Å². The van der Waals surface area contributed by atoms with Gasteiger partial charge in [0.05, 0.1) is 5.92 Å². The van der Waals surface area contributed by atoms with Crippen LogP contribution in [0.15, 0.2) is 24.3 Å². The second-order valence-corrected chi connectivity index (χ2v) is 5.87.